The van der Waals surface area contributed by atoms with E-state index in [-0.39, 0.29) is 12.7 Å². The van der Waals surface area contributed by atoms with Gasteiger partial charge in [-0.2, -0.15) is 0 Å². The lowest BCUT2D eigenvalue weighted by atomic mass is 10.2. The van der Waals surface area contributed by atoms with E-state index < -0.39 is 0 Å². The van der Waals surface area contributed by atoms with E-state index in [0.29, 0.717) is 27.2 Å². The quantitative estimate of drug-likeness (QED) is 0.677. The molecule has 2 N–H and O–H groups in total. The zero-order valence-electron chi connectivity index (χ0n) is 12.8. The SMILES string of the molecule is O=C(NNc1nc(-c2ccc(Cl)cc2)cs1)c1ccc2c(c1)OCO2. The number of hydrazine groups is 1. The van der Waals surface area contributed by atoms with Crippen LogP contribution in [0.25, 0.3) is 11.3 Å². The third-order valence-electron chi connectivity index (χ3n) is 3.56. The highest BCUT2D eigenvalue weighted by Crippen LogP contribution is 2.32. The van der Waals surface area contributed by atoms with Gasteiger partial charge in [0.1, 0.15) is 0 Å². The Labute approximate surface area is 152 Å². The van der Waals surface area contributed by atoms with E-state index in [1.165, 1.54) is 11.3 Å². The molecule has 0 fully saturated rings. The first-order chi connectivity index (χ1) is 12.2. The van der Waals surface area contributed by atoms with Crippen molar-refractivity contribution in [3.63, 3.8) is 0 Å². The van der Waals surface area contributed by atoms with Crippen molar-refractivity contribution in [1.82, 2.24) is 10.4 Å². The number of ether oxygens (including phenoxy) is 2. The molecule has 0 atom stereocenters. The van der Waals surface area contributed by atoms with Gasteiger partial charge in [0.15, 0.2) is 11.5 Å². The zero-order chi connectivity index (χ0) is 17.2. The molecule has 1 aliphatic rings. The molecule has 0 spiro atoms. The van der Waals surface area contributed by atoms with Gasteiger partial charge in [0.05, 0.1) is 5.69 Å². The molecule has 3 aromatic rings. The Bertz CT molecular complexity index is 927. The van der Waals surface area contributed by atoms with E-state index in [0.717, 1.165) is 11.3 Å². The number of hydrogen-bond acceptors (Lipinski definition) is 6. The third kappa shape index (κ3) is 3.38. The Morgan fingerprint density at radius 1 is 1.12 bits per heavy atom. The average molecular weight is 374 g/mol. The van der Waals surface area contributed by atoms with Crippen LogP contribution >= 0.6 is 22.9 Å². The van der Waals surface area contributed by atoms with Gasteiger partial charge in [0, 0.05) is 21.5 Å². The second-order valence-electron chi connectivity index (χ2n) is 5.19. The number of nitrogens with zero attached hydrogens (tertiary/aromatic N) is 1. The first kappa shape index (κ1) is 15.7. The van der Waals surface area contributed by atoms with Gasteiger partial charge < -0.3 is 9.47 Å². The standard InChI is InChI=1S/C17H12ClN3O3S/c18-12-4-1-10(2-5-12)13-8-25-17(19-13)21-20-16(22)11-3-6-14-15(7-11)24-9-23-14/h1-8H,9H2,(H,19,21)(H,20,22). The monoisotopic (exact) mass is 373 g/mol. The molecule has 1 aliphatic heterocycles. The summed E-state index contributed by atoms with van der Waals surface area (Å²) in [6.07, 6.45) is 0. The summed E-state index contributed by atoms with van der Waals surface area (Å²) in [4.78, 5) is 16.7. The minimum atomic E-state index is -0.290. The first-order valence-electron chi connectivity index (χ1n) is 7.36. The number of hydrogen-bond donors (Lipinski definition) is 2. The van der Waals surface area contributed by atoms with E-state index >= 15 is 0 Å². The first-order valence-corrected chi connectivity index (χ1v) is 8.62. The van der Waals surface area contributed by atoms with Crippen LogP contribution in [0.3, 0.4) is 0 Å². The predicted molar refractivity (Wildman–Crippen MR) is 96.2 cm³/mol. The molecule has 0 aliphatic carbocycles. The lowest BCUT2D eigenvalue weighted by Gasteiger charge is -2.06. The summed E-state index contributed by atoms with van der Waals surface area (Å²) in [5.41, 5.74) is 7.67. The number of aromatic nitrogens is 1. The number of fused-ring (bicyclic) bond motifs is 1. The summed E-state index contributed by atoms with van der Waals surface area (Å²) in [6, 6.07) is 12.4. The van der Waals surface area contributed by atoms with Gasteiger partial charge >= 0.3 is 0 Å². The number of carbonyl (C=O) groups is 1. The molecule has 0 radical (unpaired) electrons. The van der Waals surface area contributed by atoms with Crippen LogP contribution < -0.4 is 20.3 Å². The summed E-state index contributed by atoms with van der Waals surface area (Å²) < 4.78 is 10.5. The van der Waals surface area contributed by atoms with Gasteiger partial charge in [-0.3, -0.25) is 15.6 Å². The molecular formula is C17H12ClN3O3S. The summed E-state index contributed by atoms with van der Waals surface area (Å²) in [7, 11) is 0. The smallest absolute Gasteiger partial charge is 0.269 e. The largest absolute Gasteiger partial charge is 0.454 e. The molecule has 4 rings (SSSR count). The van der Waals surface area contributed by atoms with E-state index in [2.05, 4.69) is 15.8 Å². The van der Waals surface area contributed by atoms with Crippen LogP contribution in [0.2, 0.25) is 5.02 Å². The highest BCUT2D eigenvalue weighted by atomic mass is 35.5. The predicted octanol–water partition coefficient (Wildman–Crippen LogP) is 3.95. The van der Waals surface area contributed by atoms with Gasteiger partial charge in [-0.05, 0) is 30.3 Å². The molecular weight excluding hydrogens is 362 g/mol. The Morgan fingerprint density at radius 2 is 1.92 bits per heavy atom. The summed E-state index contributed by atoms with van der Waals surface area (Å²) in [5.74, 6) is 0.908. The van der Waals surface area contributed by atoms with Gasteiger partial charge in [-0.25, -0.2) is 4.98 Å². The van der Waals surface area contributed by atoms with Crippen LogP contribution in [0.15, 0.2) is 47.8 Å². The van der Waals surface area contributed by atoms with Crippen molar-refractivity contribution in [1.29, 1.82) is 0 Å². The minimum Gasteiger partial charge on any atom is -0.454 e. The number of rotatable bonds is 4. The summed E-state index contributed by atoms with van der Waals surface area (Å²) in [6.45, 7) is 0.172. The number of thiazole rings is 1. The van der Waals surface area contributed by atoms with Crippen molar-refractivity contribution in [2.45, 2.75) is 0 Å². The highest BCUT2D eigenvalue weighted by Gasteiger charge is 2.16. The fourth-order valence-electron chi connectivity index (χ4n) is 2.30. The zero-order valence-corrected chi connectivity index (χ0v) is 14.4. The molecule has 2 aromatic carbocycles. The molecule has 0 saturated heterocycles. The van der Waals surface area contributed by atoms with Crippen molar-refractivity contribution < 1.29 is 14.3 Å². The van der Waals surface area contributed by atoms with Gasteiger partial charge in [-0.1, -0.05) is 23.7 Å². The van der Waals surface area contributed by atoms with Gasteiger partial charge in [0.2, 0.25) is 11.9 Å². The maximum absolute atomic E-state index is 12.2. The third-order valence-corrected chi connectivity index (χ3v) is 4.57. The van der Waals surface area contributed by atoms with Crippen LogP contribution in [-0.4, -0.2) is 17.7 Å². The Balaban J connectivity index is 1.41. The second-order valence-corrected chi connectivity index (χ2v) is 6.49. The fraction of sp³-hybridized carbons (Fsp3) is 0.0588. The molecule has 25 heavy (non-hydrogen) atoms. The van der Waals surface area contributed by atoms with Crippen LogP contribution in [0.4, 0.5) is 5.13 Å². The van der Waals surface area contributed by atoms with E-state index in [4.69, 9.17) is 21.1 Å². The van der Waals surface area contributed by atoms with Crippen LogP contribution in [0.1, 0.15) is 10.4 Å². The van der Waals surface area contributed by atoms with Crippen LogP contribution in [0.5, 0.6) is 11.5 Å². The fourth-order valence-corrected chi connectivity index (χ4v) is 3.10. The Hall–Kier alpha value is -2.77. The van der Waals surface area contributed by atoms with Crippen molar-refractivity contribution in [3.05, 3.63) is 58.4 Å². The molecule has 126 valence electrons. The second kappa shape index (κ2) is 6.62. The molecule has 1 amide bonds. The number of amides is 1. The number of carbonyl (C=O) groups excluding carboxylic acids is 1. The molecule has 6 nitrogen and oxygen atoms in total. The maximum atomic E-state index is 12.2. The number of nitrogens with one attached hydrogen (secondary N) is 2. The lowest BCUT2D eigenvalue weighted by Crippen LogP contribution is -2.29. The van der Waals surface area contributed by atoms with E-state index in [1.54, 1.807) is 18.2 Å². The van der Waals surface area contributed by atoms with Crippen molar-refractivity contribution >= 4 is 34.0 Å². The van der Waals surface area contributed by atoms with E-state index in [1.807, 2.05) is 29.6 Å². The summed E-state index contributed by atoms with van der Waals surface area (Å²) >= 11 is 7.28. The van der Waals surface area contributed by atoms with Gasteiger partial charge in [-0.15, -0.1) is 11.3 Å². The Morgan fingerprint density at radius 3 is 2.76 bits per heavy atom. The topological polar surface area (TPSA) is 72.5 Å². The number of halogens is 1. The molecule has 0 bridgehead atoms. The number of benzene rings is 2. The van der Waals surface area contributed by atoms with Gasteiger partial charge in [0.25, 0.3) is 5.91 Å². The molecule has 2 heterocycles. The van der Waals surface area contributed by atoms with E-state index in [9.17, 15) is 4.79 Å². The normalized spacial score (nSPS) is 12.0. The maximum Gasteiger partial charge on any atom is 0.269 e. The highest BCUT2D eigenvalue weighted by molar-refractivity contribution is 7.14. The average Bonchev–Trinajstić information content (AvgIpc) is 3.29. The Kier molecular flexibility index (Phi) is 4.17. The molecule has 0 saturated carbocycles. The van der Waals surface area contributed by atoms with Crippen LogP contribution in [0, 0.1) is 0 Å². The van der Waals surface area contributed by atoms with Crippen molar-refractivity contribution in [2.75, 3.05) is 12.2 Å². The summed E-state index contributed by atoms with van der Waals surface area (Å²) in [5, 5.41) is 3.16. The van der Waals surface area contributed by atoms with Crippen LogP contribution in [-0.2, 0) is 0 Å². The molecule has 0 unspecified atom stereocenters. The molecule has 1 aromatic heterocycles. The number of anilines is 1. The molecule has 8 heteroatoms. The lowest BCUT2D eigenvalue weighted by molar-refractivity contribution is 0.0962. The van der Waals surface area contributed by atoms with Crippen molar-refractivity contribution in [2.24, 2.45) is 0 Å². The minimum absolute atomic E-state index is 0.172. The van der Waals surface area contributed by atoms with Crippen molar-refractivity contribution in [3.8, 4) is 22.8 Å².